The minimum atomic E-state index is -0.396. The first-order valence-corrected chi connectivity index (χ1v) is 4.59. The Morgan fingerprint density at radius 3 is 2.69 bits per heavy atom. The highest BCUT2D eigenvalue weighted by atomic mass is 16.7. The highest BCUT2D eigenvalue weighted by molar-refractivity contribution is 5.90. The van der Waals surface area contributed by atoms with Gasteiger partial charge in [-0.05, 0) is 20.8 Å². The summed E-state index contributed by atoms with van der Waals surface area (Å²) in [5.74, 6) is 0.0357. The lowest BCUT2D eigenvalue weighted by Gasteiger charge is -2.25. The van der Waals surface area contributed by atoms with Crippen LogP contribution in [-0.4, -0.2) is 36.5 Å². The van der Waals surface area contributed by atoms with E-state index in [2.05, 4.69) is 0 Å². The Bertz CT molecular complexity index is 222. The van der Waals surface area contributed by atoms with E-state index < -0.39 is 6.10 Å². The minimum absolute atomic E-state index is 0.0357. The number of hydrogen-bond donors (Lipinski definition) is 0. The van der Waals surface area contributed by atoms with Gasteiger partial charge in [0.2, 0.25) is 0 Å². The Morgan fingerprint density at radius 2 is 2.08 bits per heavy atom. The molecule has 2 heterocycles. The van der Waals surface area contributed by atoms with Crippen molar-refractivity contribution < 1.29 is 19.0 Å². The zero-order chi connectivity index (χ0) is 9.59. The number of ketones is 1. The van der Waals surface area contributed by atoms with Gasteiger partial charge in [0.15, 0.2) is 18.2 Å². The van der Waals surface area contributed by atoms with Gasteiger partial charge in [0.05, 0.1) is 6.10 Å². The fourth-order valence-corrected chi connectivity index (χ4v) is 1.51. The van der Waals surface area contributed by atoms with Gasteiger partial charge in [-0.3, -0.25) is 4.79 Å². The van der Waals surface area contributed by atoms with E-state index in [0.29, 0.717) is 0 Å². The largest absolute Gasteiger partial charge is 0.356 e. The molecule has 4 nitrogen and oxygen atoms in total. The van der Waals surface area contributed by atoms with Crippen molar-refractivity contribution in [3.63, 3.8) is 0 Å². The molecule has 2 aliphatic rings. The number of carbonyl (C=O) groups is 1. The van der Waals surface area contributed by atoms with E-state index in [9.17, 15) is 4.79 Å². The predicted octanol–water partition coefficient (Wildman–Crippen LogP) is 0.493. The molecule has 0 aromatic carbocycles. The van der Waals surface area contributed by atoms with E-state index >= 15 is 0 Å². The van der Waals surface area contributed by atoms with E-state index in [1.165, 1.54) is 0 Å². The Labute approximate surface area is 77.1 Å². The van der Waals surface area contributed by atoms with Crippen LogP contribution in [0.2, 0.25) is 0 Å². The first-order chi connectivity index (χ1) is 6.09. The maximum absolute atomic E-state index is 11.3. The molecule has 2 fully saturated rings. The molecule has 13 heavy (non-hydrogen) atoms. The number of carbonyl (C=O) groups excluding carboxylic acids is 1. The van der Waals surface area contributed by atoms with Crippen molar-refractivity contribution in [2.45, 2.75) is 51.5 Å². The summed E-state index contributed by atoms with van der Waals surface area (Å²) in [6, 6.07) is 0. The third kappa shape index (κ3) is 1.61. The number of fused-ring (bicyclic) bond motifs is 1. The fraction of sp³-hybridized carbons (Fsp3) is 0.889. The molecule has 0 spiro atoms. The molecule has 4 heteroatoms. The fourth-order valence-electron chi connectivity index (χ4n) is 1.51. The van der Waals surface area contributed by atoms with Gasteiger partial charge in [0, 0.05) is 0 Å². The van der Waals surface area contributed by atoms with Crippen LogP contribution >= 0.6 is 0 Å². The van der Waals surface area contributed by atoms with Crippen LogP contribution < -0.4 is 0 Å². The van der Waals surface area contributed by atoms with E-state index in [0.717, 1.165) is 0 Å². The lowest BCUT2D eigenvalue weighted by Crippen LogP contribution is -2.42. The smallest absolute Gasteiger partial charge is 0.192 e. The molecular formula is C9H14O4. The maximum atomic E-state index is 11.3. The Balaban J connectivity index is 1.97. The van der Waals surface area contributed by atoms with Crippen molar-refractivity contribution in [1.82, 2.24) is 0 Å². The van der Waals surface area contributed by atoms with Crippen LogP contribution in [0.4, 0.5) is 0 Å². The molecule has 2 aliphatic heterocycles. The summed E-state index contributed by atoms with van der Waals surface area (Å²) in [6.07, 6.45) is -1.10. The average Bonchev–Trinajstić information content (AvgIpc) is 2.77. The Kier molecular flexibility index (Phi) is 2.14. The molecule has 0 radical (unpaired) electrons. The number of hydrogen-bond acceptors (Lipinski definition) is 4. The van der Waals surface area contributed by atoms with Crippen LogP contribution in [0, 0.1) is 0 Å². The lowest BCUT2D eigenvalue weighted by molar-refractivity contribution is -0.200. The third-order valence-electron chi connectivity index (χ3n) is 2.22. The van der Waals surface area contributed by atoms with Crippen molar-refractivity contribution in [2.24, 2.45) is 0 Å². The van der Waals surface area contributed by atoms with E-state index in [1.54, 1.807) is 6.92 Å². The van der Waals surface area contributed by atoms with Crippen LogP contribution in [-0.2, 0) is 19.0 Å². The molecule has 0 amide bonds. The van der Waals surface area contributed by atoms with Crippen LogP contribution in [0.25, 0.3) is 0 Å². The predicted molar refractivity (Wildman–Crippen MR) is 44.2 cm³/mol. The zero-order valence-electron chi connectivity index (χ0n) is 8.02. The van der Waals surface area contributed by atoms with Crippen LogP contribution in [0.5, 0.6) is 0 Å². The first kappa shape index (κ1) is 9.12. The summed E-state index contributed by atoms with van der Waals surface area (Å²) in [5.41, 5.74) is 0. The van der Waals surface area contributed by atoms with Crippen molar-refractivity contribution in [2.75, 3.05) is 0 Å². The van der Waals surface area contributed by atoms with Gasteiger partial charge < -0.3 is 14.2 Å². The van der Waals surface area contributed by atoms with Crippen molar-refractivity contribution in [1.29, 1.82) is 0 Å². The molecule has 0 saturated carbocycles. The quantitative estimate of drug-likeness (QED) is 0.589. The first-order valence-electron chi connectivity index (χ1n) is 4.59. The van der Waals surface area contributed by atoms with Gasteiger partial charge in [-0.2, -0.15) is 0 Å². The summed E-state index contributed by atoms with van der Waals surface area (Å²) in [4.78, 5) is 11.3. The summed E-state index contributed by atoms with van der Waals surface area (Å²) in [7, 11) is 0. The van der Waals surface area contributed by atoms with E-state index in [4.69, 9.17) is 14.2 Å². The van der Waals surface area contributed by atoms with Gasteiger partial charge in [-0.1, -0.05) is 0 Å². The van der Waals surface area contributed by atoms with Gasteiger partial charge >= 0.3 is 0 Å². The third-order valence-corrected chi connectivity index (χ3v) is 2.22. The van der Waals surface area contributed by atoms with Gasteiger partial charge in [0.1, 0.15) is 12.2 Å². The Morgan fingerprint density at radius 1 is 1.38 bits per heavy atom. The van der Waals surface area contributed by atoms with E-state index in [1.807, 2.05) is 13.8 Å². The second-order valence-electron chi connectivity index (χ2n) is 3.76. The number of epoxide rings is 1. The molecule has 0 bridgehead atoms. The van der Waals surface area contributed by atoms with Crippen LogP contribution in [0.15, 0.2) is 0 Å². The summed E-state index contributed by atoms with van der Waals surface area (Å²) in [6.45, 7) is 5.60. The van der Waals surface area contributed by atoms with Crippen molar-refractivity contribution >= 4 is 5.78 Å². The average molecular weight is 186 g/mol. The Hall–Kier alpha value is -0.450. The maximum Gasteiger partial charge on any atom is 0.192 e. The molecule has 2 rings (SSSR count). The van der Waals surface area contributed by atoms with Crippen molar-refractivity contribution in [3.8, 4) is 0 Å². The number of rotatable bonds is 2. The number of Topliss-reactive ketones (excluding diaryl/α,β-unsaturated/α-hetero) is 1. The SMILES string of the molecule is CC(C)OC1OC(C)C(=O)C2OC12. The topological polar surface area (TPSA) is 48.1 Å². The molecular weight excluding hydrogens is 172 g/mol. The lowest BCUT2D eigenvalue weighted by atomic mass is 10.1. The standard InChI is InChI=1S/C9H14O4/c1-4(2)11-9-8-7(13-8)6(10)5(3)12-9/h4-5,7-9H,1-3H3. The van der Waals surface area contributed by atoms with Gasteiger partial charge in [-0.25, -0.2) is 0 Å². The van der Waals surface area contributed by atoms with Gasteiger partial charge in [0.25, 0.3) is 0 Å². The second kappa shape index (κ2) is 3.04. The molecule has 0 aromatic rings. The summed E-state index contributed by atoms with van der Waals surface area (Å²) in [5, 5.41) is 0. The summed E-state index contributed by atoms with van der Waals surface area (Å²) < 4.78 is 16.0. The normalized spacial score (nSPS) is 43.5. The molecule has 74 valence electrons. The molecule has 2 saturated heterocycles. The van der Waals surface area contributed by atoms with E-state index in [-0.39, 0.29) is 30.4 Å². The molecule has 4 unspecified atom stereocenters. The second-order valence-corrected chi connectivity index (χ2v) is 3.76. The molecule has 0 aliphatic carbocycles. The monoisotopic (exact) mass is 186 g/mol. The highest BCUT2D eigenvalue weighted by Crippen LogP contribution is 2.35. The minimum Gasteiger partial charge on any atom is -0.356 e. The zero-order valence-corrected chi connectivity index (χ0v) is 8.02. The highest BCUT2D eigenvalue weighted by Gasteiger charge is 2.57. The number of ether oxygens (including phenoxy) is 3. The van der Waals surface area contributed by atoms with Gasteiger partial charge in [-0.15, -0.1) is 0 Å². The summed E-state index contributed by atoms with van der Waals surface area (Å²) >= 11 is 0. The molecule has 0 aromatic heterocycles. The van der Waals surface area contributed by atoms with Crippen LogP contribution in [0.1, 0.15) is 20.8 Å². The molecule has 0 N–H and O–H groups in total. The molecule has 4 atom stereocenters. The van der Waals surface area contributed by atoms with Crippen molar-refractivity contribution in [3.05, 3.63) is 0 Å². The van der Waals surface area contributed by atoms with Crippen LogP contribution in [0.3, 0.4) is 0 Å².